The van der Waals surface area contributed by atoms with E-state index in [0.717, 1.165) is 35.5 Å². The fourth-order valence-corrected chi connectivity index (χ4v) is 3.31. The van der Waals surface area contributed by atoms with Crippen LogP contribution in [0.2, 0.25) is 10.0 Å². The first kappa shape index (κ1) is 17.3. The van der Waals surface area contributed by atoms with E-state index in [0.29, 0.717) is 33.6 Å². The van der Waals surface area contributed by atoms with Crippen LogP contribution >= 0.6 is 23.2 Å². The van der Waals surface area contributed by atoms with E-state index in [9.17, 15) is 4.79 Å². The number of aliphatic imine (C=N–C) groups is 2. The molecule has 0 N–H and O–H groups in total. The van der Waals surface area contributed by atoms with Gasteiger partial charge in [-0.1, -0.05) is 35.3 Å². The summed E-state index contributed by atoms with van der Waals surface area (Å²) < 4.78 is 4.75. The molecule has 0 radical (unpaired) electrons. The van der Waals surface area contributed by atoms with E-state index >= 15 is 0 Å². The van der Waals surface area contributed by atoms with E-state index in [2.05, 4.69) is 0 Å². The van der Waals surface area contributed by atoms with Gasteiger partial charge in [0, 0.05) is 12.1 Å². The van der Waals surface area contributed by atoms with Crippen molar-refractivity contribution >= 4 is 52.0 Å². The van der Waals surface area contributed by atoms with Crippen LogP contribution in [0.1, 0.15) is 35.2 Å². The van der Waals surface area contributed by atoms with Gasteiger partial charge in [0.1, 0.15) is 0 Å². The van der Waals surface area contributed by atoms with Crippen LogP contribution < -0.4 is 0 Å². The quantitative estimate of drug-likeness (QED) is 0.626. The third-order valence-corrected chi connectivity index (χ3v) is 5.30. The molecule has 0 atom stereocenters. The largest absolute Gasteiger partial charge is 0.465 e. The predicted octanol–water partition coefficient (Wildman–Crippen LogP) is 5.79. The Morgan fingerprint density at radius 2 is 1.65 bits per heavy atom. The van der Waals surface area contributed by atoms with E-state index in [-0.39, 0.29) is 5.97 Å². The lowest BCUT2D eigenvalue weighted by molar-refractivity contribution is 0.0600. The summed E-state index contributed by atoms with van der Waals surface area (Å²) >= 11 is 12.3. The Labute approximate surface area is 161 Å². The summed E-state index contributed by atoms with van der Waals surface area (Å²) in [6, 6.07) is 10.8. The van der Waals surface area contributed by atoms with Crippen LogP contribution in [0.15, 0.2) is 46.4 Å². The monoisotopic (exact) mass is 386 g/mol. The summed E-state index contributed by atoms with van der Waals surface area (Å²) in [5.74, 6) is 0.154. The molecule has 1 aliphatic carbocycles. The highest BCUT2D eigenvalue weighted by molar-refractivity contribution is 6.42. The van der Waals surface area contributed by atoms with Crippen LogP contribution in [0.5, 0.6) is 0 Å². The normalized spacial score (nSPS) is 16.3. The molecule has 1 saturated carbocycles. The molecule has 1 fully saturated rings. The van der Waals surface area contributed by atoms with Crippen molar-refractivity contribution in [2.24, 2.45) is 15.9 Å². The number of ether oxygens (including phenoxy) is 1. The smallest absolute Gasteiger partial charge is 0.337 e. The zero-order valence-corrected chi connectivity index (χ0v) is 15.6. The molecule has 1 aliphatic heterocycles. The molecule has 4 rings (SSSR count). The molecule has 6 heteroatoms. The number of halogens is 2. The van der Waals surface area contributed by atoms with E-state index in [1.165, 1.54) is 7.11 Å². The maximum absolute atomic E-state index is 11.6. The summed E-state index contributed by atoms with van der Waals surface area (Å²) in [4.78, 5) is 21.3. The van der Waals surface area contributed by atoms with E-state index in [1.807, 2.05) is 12.1 Å². The summed E-state index contributed by atoms with van der Waals surface area (Å²) in [5.41, 5.74) is 4.95. The Morgan fingerprint density at radius 3 is 2.23 bits per heavy atom. The molecule has 132 valence electrons. The van der Waals surface area contributed by atoms with Gasteiger partial charge >= 0.3 is 5.97 Å². The number of methoxy groups -OCH3 is 1. The topological polar surface area (TPSA) is 51.0 Å². The fourth-order valence-electron chi connectivity index (χ4n) is 2.99. The molecule has 2 aliphatic rings. The average molecular weight is 387 g/mol. The number of carbonyl (C=O) groups excluding carboxylic acids is 1. The second-order valence-electron chi connectivity index (χ2n) is 6.44. The lowest BCUT2D eigenvalue weighted by Crippen LogP contribution is -2.10. The van der Waals surface area contributed by atoms with Gasteiger partial charge in [-0.25, -0.2) is 4.79 Å². The fraction of sp³-hybridized carbons (Fsp3) is 0.250. The number of hydrogen-bond donors (Lipinski definition) is 0. The summed E-state index contributed by atoms with van der Waals surface area (Å²) in [6.45, 7) is 0. The van der Waals surface area contributed by atoms with Crippen molar-refractivity contribution in [1.29, 1.82) is 0 Å². The summed E-state index contributed by atoms with van der Waals surface area (Å²) in [6.07, 6.45) is 2.99. The third kappa shape index (κ3) is 3.39. The number of benzene rings is 2. The molecular weight excluding hydrogens is 371 g/mol. The molecular formula is C20H16Cl2N2O2. The SMILES string of the molecule is COC(=O)c1ccc(C2=Nc3cc(Cl)c(Cl)cc3N=C(C3CC3)C2)cc1. The average Bonchev–Trinajstić information content (AvgIpc) is 3.48. The molecule has 26 heavy (non-hydrogen) atoms. The minimum atomic E-state index is -0.355. The van der Waals surface area contributed by atoms with Crippen LogP contribution in [0.25, 0.3) is 0 Å². The first-order valence-electron chi connectivity index (χ1n) is 8.38. The first-order valence-corrected chi connectivity index (χ1v) is 9.13. The Balaban J connectivity index is 1.77. The minimum Gasteiger partial charge on any atom is -0.465 e. The van der Waals surface area contributed by atoms with Crippen LogP contribution in [0.3, 0.4) is 0 Å². The van der Waals surface area contributed by atoms with Gasteiger partial charge in [0.25, 0.3) is 0 Å². The van der Waals surface area contributed by atoms with Gasteiger partial charge in [-0.3, -0.25) is 9.98 Å². The Morgan fingerprint density at radius 1 is 1.04 bits per heavy atom. The van der Waals surface area contributed by atoms with Gasteiger partial charge in [0.2, 0.25) is 0 Å². The van der Waals surface area contributed by atoms with E-state index < -0.39 is 0 Å². The molecule has 0 amide bonds. The lowest BCUT2D eigenvalue weighted by Gasteiger charge is -2.07. The van der Waals surface area contributed by atoms with Crippen molar-refractivity contribution in [2.45, 2.75) is 19.3 Å². The van der Waals surface area contributed by atoms with Crippen LogP contribution in [-0.2, 0) is 4.74 Å². The van der Waals surface area contributed by atoms with Gasteiger partial charge in [-0.05, 0) is 48.6 Å². The second kappa shape index (κ2) is 6.86. The maximum Gasteiger partial charge on any atom is 0.337 e. The van der Waals surface area contributed by atoms with E-state index in [4.69, 9.17) is 37.9 Å². The standard InChI is InChI=1S/C20H16Cl2N2O2/c1-26-20(25)13-6-4-12(5-7-13)17-10-16(11-2-3-11)23-18-8-14(21)15(22)9-19(18)24-17/h4-9,11H,2-3,10H2,1H3. The summed E-state index contributed by atoms with van der Waals surface area (Å²) in [7, 11) is 1.37. The van der Waals surface area contributed by atoms with Crippen molar-refractivity contribution in [2.75, 3.05) is 7.11 Å². The first-order chi connectivity index (χ1) is 12.5. The highest BCUT2D eigenvalue weighted by atomic mass is 35.5. The van der Waals surface area contributed by atoms with Gasteiger partial charge < -0.3 is 4.74 Å². The number of nitrogens with zero attached hydrogens (tertiary/aromatic N) is 2. The van der Waals surface area contributed by atoms with Crippen molar-refractivity contribution in [3.8, 4) is 0 Å². The van der Waals surface area contributed by atoms with Gasteiger partial charge in [-0.2, -0.15) is 0 Å². The van der Waals surface area contributed by atoms with Crippen molar-refractivity contribution < 1.29 is 9.53 Å². The molecule has 2 aromatic rings. The number of fused-ring (bicyclic) bond motifs is 1. The predicted molar refractivity (Wildman–Crippen MR) is 105 cm³/mol. The highest BCUT2D eigenvalue weighted by Crippen LogP contribution is 2.41. The number of esters is 1. The molecule has 2 aromatic carbocycles. The number of carbonyl (C=O) groups is 1. The van der Waals surface area contributed by atoms with Gasteiger partial charge in [0.05, 0.1) is 39.8 Å². The van der Waals surface area contributed by atoms with E-state index in [1.54, 1.807) is 24.3 Å². The Hall–Kier alpha value is -2.17. The zero-order valence-electron chi connectivity index (χ0n) is 14.1. The van der Waals surface area contributed by atoms with Crippen LogP contribution in [0, 0.1) is 5.92 Å². The zero-order chi connectivity index (χ0) is 18.3. The van der Waals surface area contributed by atoms with Crippen molar-refractivity contribution in [1.82, 2.24) is 0 Å². The minimum absolute atomic E-state index is 0.355. The number of hydrogen-bond acceptors (Lipinski definition) is 4. The maximum atomic E-state index is 11.6. The Bertz CT molecular complexity index is 945. The molecule has 4 nitrogen and oxygen atoms in total. The van der Waals surface area contributed by atoms with Crippen LogP contribution in [0.4, 0.5) is 11.4 Å². The molecule has 0 spiro atoms. The highest BCUT2D eigenvalue weighted by Gasteiger charge is 2.30. The molecule has 1 heterocycles. The summed E-state index contributed by atoms with van der Waals surface area (Å²) in [5, 5.41) is 0.935. The van der Waals surface area contributed by atoms with Gasteiger partial charge in [-0.15, -0.1) is 0 Å². The Kier molecular flexibility index (Phi) is 4.55. The van der Waals surface area contributed by atoms with Crippen LogP contribution in [-0.4, -0.2) is 24.5 Å². The number of rotatable bonds is 3. The third-order valence-electron chi connectivity index (χ3n) is 4.57. The lowest BCUT2D eigenvalue weighted by atomic mass is 10.0. The second-order valence-corrected chi connectivity index (χ2v) is 7.25. The molecule has 0 saturated heterocycles. The molecule has 0 aromatic heterocycles. The molecule has 0 bridgehead atoms. The van der Waals surface area contributed by atoms with Crippen molar-refractivity contribution in [3.05, 3.63) is 57.6 Å². The van der Waals surface area contributed by atoms with Crippen molar-refractivity contribution in [3.63, 3.8) is 0 Å². The van der Waals surface area contributed by atoms with Gasteiger partial charge in [0.15, 0.2) is 0 Å². The molecule has 0 unspecified atom stereocenters.